The summed E-state index contributed by atoms with van der Waals surface area (Å²) in [6.07, 6.45) is 2.52. The third-order valence-corrected chi connectivity index (χ3v) is 6.42. The lowest BCUT2D eigenvalue weighted by molar-refractivity contribution is 0.423. The van der Waals surface area contributed by atoms with Crippen LogP contribution in [-0.4, -0.2) is 10.5 Å². The van der Waals surface area contributed by atoms with Crippen LogP contribution in [0.3, 0.4) is 0 Å². The van der Waals surface area contributed by atoms with E-state index in [9.17, 15) is 0 Å². The summed E-state index contributed by atoms with van der Waals surface area (Å²) in [4.78, 5) is 0. The molecule has 2 heterocycles. The van der Waals surface area contributed by atoms with Crippen molar-refractivity contribution in [3.63, 3.8) is 0 Å². The molecule has 1 aliphatic rings. The molecule has 2 atom stereocenters. The van der Waals surface area contributed by atoms with Crippen LogP contribution < -0.4 is 11.3 Å². The molecule has 2 nitrogen and oxygen atoms in total. The van der Waals surface area contributed by atoms with Crippen LogP contribution >= 0.6 is 23.1 Å². The second-order valence-corrected chi connectivity index (χ2v) is 7.60. The number of hydrazine groups is 1. The molecule has 0 radical (unpaired) electrons. The minimum Gasteiger partial charge on any atom is -0.271 e. The molecule has 3 rings (SSSR count). The lowest BCUT2D eigenvalue weighted by Crippen LogP contribution is -2.41. The molecule has 0 saturated carbocycles. The van der Waals surface area contributed by atoms with Crippen LogP contribution in [0.2, 0.25) is 0 Å². The Morgan fingerprint density at radius 1 is 1.39 bits per heavy atom. The van der Waals surface area contributed by atoms with E-state index < -0.39 is 0 Å². The summed E-state index contributed by atoms with van der Waals surface area (Å²) in [5, 5.41) is 3.48. The van der Waals surface area contributed by atoms with Crippen molar-refractivity contribution in [3.8, 4) is 0 Å². The van der Waals surface area contributed by atoms with Crippen molar-refractivity contribution >= 4 is 33.2 Å². The van der Waals surface area contributed by atoms with E-state index in [-0.39, 0.29) is 10.8 Å². The molecule has 96 valence electrons. The van der Waals surface area contributed by atoms with Crippen LogP contribution in [-0.2, 0) is 0 Å². The van der Waals surface area contributed by atoms with Gasteiger partial charge in [-0.1, -0.05) is 18.2 Å². The number of benzene rings is 1. The Hall–Kier alpha value is -0.550. The molecule has 0 bridgehead atoms. The Morgan fingerprint density at radius 2 is 2.28 bits per heavy atom. The van der Waals surface area contributed by atoms with Gasteiger partial charge in [-0.15, -0.1) is 11.3 Å². The molecule has 0 amide bonds. The van der Waals surface area contributed by atoms with Gasteiger partial charge in [0.1, 0.15) is 0 Å². The molecule has 1 saturated heterocycles. The van der Waals surface area contributed by atoms with E-state index in [4.69, 9.17) is 5.84 Å². The zero-order chi connectivity index (χ0) is 12.6. The highest BCUT2D eigenvalue weighted by Gasteiger charge is 2.39. The van der Waals surface area contributed by atoms with Gasteiger partial charge < -0.3 is 0 Å². The standard InChI is InChI=1S/C14H18N2S2/c1-14(7-3-8-18-14)13(16-15)11-5-2-4-10-6-9-17-12(10)11/h2,4-6,9,13,16H,3,7-8,15H2,1H3. The molecule has 0 aliphatic carbocycles. The monoisotopic (exact) mass is 278 g/mol. The molecule has 2 unspecified atom stereocenters. The first-order valence-electron chi connectivity index (χ1n) is 6.31. The molecule has 1 fully saturated rings. The van der Waals surface area contributed by atoms with Gasteiger partial charge in [0.15, 0.2) is 0 Å². The Labute approximate surface area is 116 Å². The number of hydrogen-bond donors (Lipinski definition) is 2. The van der Waals surface area contributed by atoms with Crippen molar-refractivity contribution in [1.82, 2.24) is 5.43 Å². The zero-order valence-corrected chi connectivity index (χ0v) is 12.1. The molecule has 4 heteroatoms. The van der Waals surface area contributed by atoms with Gasteiger partial charge in [-0.25, -0.2) is 0 Å². The Balaban J connectivity index is 2.08. The number of nitrogens with two attached hydrogens (primary N) is 1. The maximum absolute atomic E-state index is 5.87. The highest BCUT2D eigenvalue weighted by atomic mass is 32.2. The first kappa shape index (κ1) is 12.5. The van der Waals surface area contributed by atoms with Crippen LogP contribution in [0.5, 0.6) is 0 Å². The van der Waals surface area contributed by atoms with E-state index in [2.05, 4.69) is 42.0 Å². The fourth-order valence-corrected chi connectivity index (χ4v) is 5.22. The van der Waals surface area contributed by atoms with Crippen molar-refractivity contribution in [1.29, 1.82) is 0 Å². The maximum Gasteiger partial charge on any atom is 0.0618 e. The maximum atomic E-state index is 5.87. The second-order valence-electron chi connectivity index (χ2n) is 5.05. The van der Waals surface area contributed by atoms with Crippen LogP contribution in [0.4, 0.5) is 0 Å². The summed E-state index contributed by atoms with van der Waals surface area (Å²) in [6, 6.07) is 8.94. The largest absolute Gasteiger partial charge is 0.271 e. The first-order chi connectivity index (χ1) is 8.74. The average Bonchev–Trinajstić information content (AvgIpc) is 2.99. The number of fused-ring (bicyclic) bond motifs is 1. The van der Waals surface area contributed by atoms with Crippen LogP contribution in [0, 0.1) is 0 Å². The Kier molecular flexibility index (Phi) is 3.36. The molecule has 1 aromatic carbocycles. The van der Waals surface area contributed by atoms with Crippen molar-refractivity contribution < 1.29 is 0 Å². The molecule has 3 N–H and O–H groups in total. The molecular formula is C14H18N2S2. The highest BCUT2D eigenvalue weighted by molar-refractivity contribution is 8.00. The smallest absolute Gasteiger partial charge is 0.0618 e. The molecule has 2 aromatic rings. The van der Waals surface area contributed by atoms with E-state index in [1.54, 1.807) is 0 Å². The van der Waals surface area contributed by atoms with Gasteiger partial charge in [0.25, 0.3) is 0 Å². The van der Waals surface area contributed by atoms with Gasteiger partial charge in [0.2, 0.25) is 0 Å². The van der Waals surface area contributed by atoms with Gasteiger partial charge >= 0.3 is 0 Å². The normalized spacial score (nSPS) is 25.7. The summed E-state index contributed by atoms with van der Waals surface area (Å²) in [7, 11) is 0. The lowest BCUT2D eigenvalue weighted by Gasteiger charge is -2.33. The molecular weight excluding hydrogens is 260 g/mol. The quantitative estimate of drug-likeness (QED) is 0.664. The molecule has 1 aliphatic heterocycles. The Bertz CT molecular complexity index is 543. The second kappa shape index (κ2) is 4.85. The fourth-order valence-electron chi connectivity index (χ4n) is 2.87. The number of thioether (sulfide) groups is 1. The van der Waals surface area contributed by atoms with Gasteiger partial charge in [0, 0.05) is 9.45 Å². The predicted molar refractivity (Wildman–Crippen MR) is 82.0 cm³/mol. The van der Waals surface area contributed by atoms with Crippen molar-refractivity contribution in [2.45, 2.75) is 30.6 Å². The van der Waals surface area contributed by atoms with Crippen molar-refractivity contribution in [2.75, 3.05) is 5.75 Å². The van der Waals surface area contributed by atoms with Crippen LogP contribution in [0.15, 0.2) is 29.6 Å². The third-order valence-electron chi connectivity index (χ3n) is 3.85. The number of thiophene rings is 1. The summed E-state index contributed by atoms with van der Waals surface area (Å²) in [5.41, 5.74) is 4.42. The van der Waals surface area contributed by atoms with Crippen molar-refractivity contribution in [2.24, 2.45) is 5.84 Å². The minimum atomic E-state index is 0.215. The van der Waals surface area contributed by atoms with E-state index in [1.807, 2.05) is 23.1 Å². The zero-order valence-electron chi connectivity index (χ0n) is 10.5. The third kappa shape index (κ3) is 1.97. The van der Waals surface area contributed by atoms with Gasteiger partial charge in [-0.2, -0.15) is 11.8 Å². The van der Waals surface area contributed by atoms with Crippen LogP contribution in [0.25, 0.3) is 10.1 Å². The SMILES string of the molecule is CC1(C(NN)c2cccc3ccsc23)CCCS1. The van der Waals surface area contributed by atoms with E-state index in [0.29, 0.717) is 0 Å². The lowest BCUT2D eigenvalue weighted by atomic mass is 9.90. The summed E-state index contributed by atoms with van der Waals surface area (Å²) in [6.45, 7) is 2.33. The fraction of sp³-hybridized carbons (Fsp3) is 0.429. The Morgan fingerprint density at radius 3 is 3.00 bits per heavy atom. The average molecular weight is 278 g/mol. The molecule has 1 aromatic heterocycles. The summed E-state index contributed by atoms with van der Waals surface area (Å²) < 4.78 is 1.58. The summed E-state index contributed by atoms with van der Waals surface area (Å²) >= 11 is 3.86. The number of nitrogens with one attached hydrogen (secondary N) is 1. The van der Waals surface area contributed by atoms with E-state index in [1.165, 1.54) is 34.2 Å². The predicted octanol–water partition coefficient (Wildman–Crippen LogP) is 3.69. The van der Waals surface area contributed by atoms with Crippen LogP contribution in [0.1, 0.15) is 31.4 Å². The van der Waals surface area contributed by atoms with E-state index in [0.717, 1.165) is 0 Å². The minimum absolute atomic E-state index is 0.215. The molecule has 18 heavy (non-hydrogen) atoms. The van der Waals surface area contributed by atoms with Gasteiger partial charge in [-0.3, -0.25) is 11.3 Å². The van der Waals surface area contributed by atoms with E-state index >= 15 is 0 Å². The highest BCUT2D eigenvalue weighted by Crippen LogP contribution is 2.47. The molecule has 0 spiro atoms. The first-order valence-corrected chi connectivity index (χ1v) is 8.17. The number of hydrogen-bond acceptors (Lipinski definition) is 4. The number of rotatable bonds is 3. The van der Waals surface area contributed by atoms with Gasteiger partial charge in [0.05, 0.1) is 6.04 Å². The topological polar surface area (TPSA) is 38.0 Å². The van der Waals surface area contributed by atoms with Crippen molar-refractivity contribution in [3.05, 3.63) is 35.2 Å². The van der Waals surface area contributed by atoms with Gasteiger partial charge in [-0.05, 0) is 47.9 Å². The summed E-state index contributed by atoms with van der Waals surface area (Å²) in [5.74, 6) is 7.12.